The van der Waals surface area contributed by atoms with Crippen molar-refractivity contribution in [3.63, 3.8) is 0 Å². The molecule has 8 heteroatoms. The van der Waals surface area contributed by atoms with Crippen LogP contribution in [0.2, 0.25) is 5.02 Å². The van der Waals surface area contributed by atoms with Crippen molar-refractivity contribution in [2.45, 2.75) is 4.90 Å². The highest BCUT2D eigenvalue weighted by Gasteiger charge is 2.15. The van der Waals surface area contributed by atoms with Gasteiger partial charge in [0.15, 0.2) is 0 Å². The molecule has 0 aliphatic rings. The van der Waals surface area contributed by atoms with Gasteiger partial charge in [0.1, 0.15) is 5.69 Å². The lowest BCUT2D eigenvalue weighted by Gasteiger charge is -2.08. The largest absolute Gasteiger partial charge is 0.477 e. The number of carboxylic acid groups (broad SMARTS) is 1. The van der Waals surface area contributed by atoms with Crippen LogP contribution in [0.5, 0.6) is 0 Å². The molecular formula is C12H9ClN2O4S. The van der Waals surface area contributed by atoms with E-state index in [1.54, 1.807) is 0 Å². The summed E-state index contributed by atoms with van der Waals surface area (Å²) >= 11 is 5.69. The molecule has 2 rings (SSSR count). The molecule has 0 radical (unpaired) electrons. The summed E-state index contributed by atoms with van der Waals surface area (Å²) < 4.78 is 26.4. The zero-order valence-corrected chi connectivity index (χ0v) is 11.5. The van der Waals surface area contributed by atoms with Crippen molar-refractivity contribution in [1.29, 1.82) is 0 Å². The summed E-state index contributed by atoms with van der Waals surface area (Å²) in [6.07, 6.45) is 1.21. The average Bonchev–Trinajstić information content (AvgIpc) is 2.39. The Hall–Kier alpha value is -2.12. The summed E-state index contributed by atoms with van der Waals surface area (Å²) in [5.41, 5.74) is -0.131. The normalized spacial score (nSPS) is 11.1. The Morgan fingerprint density at radius 2 is 1.85 bits per heavy atom. The van der Waals surface area contributed by atoms with Gasteiger partial charge in [-0.05, 0) is 36.4 Å². The molecular weight excluding hydrogens is 304 g/mol. The second kappa shape index (κ2) is 5.48. The van der Waals surface area contributed by atoms with Crippen molar-refractivity contribution < 1.29 is 18.3 Å². The Labute approximate surface area is 120 Å². The van der Waals surface area contributed by atoms with Crippen LogP contribution >= 0.6 is 11.6 Å². The number of carboxylic acids is 1. The summed E-state index contributed by atoms with van der Waals surface area (Å²) in [5.74, 6) is -1.24. The summed E-state index contributed by atoms with van der Waals surface area (Å²) in [7, 11) is -3.80. The van der Waals surface area contributed by atoms with Crippen LogP contribution in [-0.2, 0) is 10.0 Å². The van der Waals surface area contributed by atoms with E-state index in [1.165, 1.54) is 36.5 Å². The van der Waals surface area contributed by atoms with Crippen LogP contribution in [0.4, 0.5) is 5.69 Å². The summed E-state index contributed by atoms with van der Waals surface area (Å²) in [6.45, 7) is 0. The molecule has 0 fully saturated rings. The van der Waals surface area contributed by atoms with Gasteiger partial charge in [0.25, 0.3) is 10.0 Å². The van der Waals surface area contributed by atoms with Crippen LogP contribution in [0.15, 0.2) is 47.5 Å². The highest BCUT2D eigenvalue weighted by molar-refractivity contribution is 7.92. The van der Waals surface area contributed by atoms with Crippen molar-refractivity contribution in [3.8, 4) is 0 Å². The lowest BCUT2D eigenvalue weighted by Crippen LogP contribution is -2.13. The Morgan fingerprint density at radius 1 is 1.20 bits per heavy atom. The zero-order chi connectivity index (χ0) is 14.8. The van der Waals surface area contributed by atoms with E-state index >= 15 is 0 Å². The second-order valence-electron chi connectivity index (χ2n) is 3.79. The first-order chi connectivity index (χ1) is 9.38. The molecule has 0 saturated heterocycles. The van der Waals surface area contributed by atoms with Crippen LogP contribution in [0, 0.1) is 0 Å². The number of hydrogen-bond donors (Lipinski definition) is 2. The summed E-state index contributed by atoms with van der Waals surface area (Å²) in [4.78, 5) is 14.4. The number of pyridine rings is 1. The highest BCUT2D eigenvalue weighted by atomic mass is 35.5. The molecule has 20 heavy (non-hydrogen) atoms. The van der Waals surface area contributed by atoms with Gasteiger partial charge >= 0.3 is 5.97 Å². The lowest BCUT2D eigenvalue weighted by molar-refractivity contribution is 0.0690. The van der Waals surface area contributed by atoms with E-state index < -0.39 is 16.0 Å². The van der Waals surface area contributed by atoms with Crippen LogP contribution in [0.1, 0.15) is 10.5 Å². The van der Waals surface area contributed by atoms with E-state index in [-0.39, 0.29) is 16.3 Å². The smallest absolute Gasteiger partial charge is 0.354 e. The third kappa shape index (κ3) is 3.25. The highest BCUT2D eigenvalue weighted by Crippen LogP contribution is 2.18. The number of nitrogens with one attached hydrogen (secondary N) is 1. The fraction of sp³-hybridized carbons (Fsp3) is 0. The fourth-order valence-electron chi connectivity index (χ4n) is 1.44. The number of aromatic carboxylic acids is 1. The molecule has 2 aromatic rings. The quantitative estimate of drug-likeness (QED) is 0.902. The van der Waals surface area contributed by atoms with E-state index in [2.05, 4.69) is 9.71 Å². The standard InChI is InChI=1S/C12H9ClN2O4S/c13-8-1-3-10(4-2-8)20(18,19)15-9-5-6-14-11(7-9)12(16)17/h1-7H,(H,14,15)(H,16,17). The van der Waals surface area contributed by atoms with Crippen LogP contribution in [0.25, 0.3) is 0 Å². The molecule has 104 valence electrons. The van der Waals surface area contributed by atoms with Gasteiger partial charge in [-0.3, -0.25) is 4.72 Å². The minimum Gasteiger partial charge on any atom is -0.477 e. The van der Waals surface area contributed by atoms with E-state index in [1.807, 2.05) is 0 Å². The minimum atomic E-state index is -3.80. The van der Waals surface area contributed by atoms with Crippen molar-refractivity contribution in [2.24, 2.45) is 0 Å². The number of aromatic nitrogens is 1. The van der Waals surface area contributed by atoms with Crippen LogP contribution in [0.3, 0.4) is 0 Å². The summed E-state index contributed by atoms with van der Waals surface area (Å²) in [6, 6.07) is 8.10. The molecule has 0 atom stereocenters. The maximum Gasteiger partial charge on any atom is 0.354 e. The lowest BCUT2D eigenvalue weighted by atomic mass is 10.3. The molecule has 0 aliphatic carbocycles. The zero-order valence-electron chi connectivity index (χ0n) is 9.95. The number of benzene rings is 1. The topological polar surface area (TPSA) is 96.4 Å². The first-order valence-corrected chi connectivity index (χ1v) is 7.22. The number of rotatable bonds is 4. The van der Waals surface area contributed by atoms with Crippen LogP contribution in [-0.4, -0.2) is 24.5 Å². The van der Waals surface area contributed by atoms with Gasteiger partial charge in [-0.25, -0.2) is 18.2 Å². The number of sulfonamides is 1. The monoisotopic (exact) mass is 312 g/mol. The molecule has 0 spiro atoms. The Balaban J connectivity index is 2.31. The van der Waals surface area contributed by atoms with E-state index in [4.69, 9.17) is 16.7 Å². The molecule has 1 aromatic heterocycles. The molecule has 0 aliphatic heterocycles. The van der Waals surface area contributed by atoms with Crippen molar-refractivity contribution in [2.75, 3.05) is 4.72 Å². The first-order valence-electron chi connectivity index (χ1n) is 5.36. The SMILES string of the molecule is O=C(O)c1cc(NS(=O)(=O)c2ccc(Cl)cc2)ccn1. The van der Waals surface area contributed by atoms with Gasteiger partial charge in [-0.15, -0.1) is 0 Å². The fourth-order valence-corrected chi connectivity index (χ4v) is 2.61. The molecule has 0 unspecified atom stereocenters. The van der Waals surface area contributed by atoms with E-state index in [9.17, 15) is 13.2 Å². The Bertz CT molecular complexity index is 744. The number of carbonyl (C=O) groups is 1. The molecule has 2 N–H and O–H groups in total. The van der Waals surface area contributed by atoms with Crippen molar-refractivity contribution in [1.82, 2.24) is 4.98 Å². The van der Waals surface area contributed by atoms with Gasteiger partial charge in [0.05, 0.1) is 10.6 Å². The third-order valence-corrected chi connectivity index (χ3v) is 4.00. The average molecular weight is 313 g/mol. The van der Waals surface area contributed by atoms with Gasteiger partial charge in [0, 0.05) is 11.2 Å². The number of halogens is 1. The first kappa shape index (κ1) is 14.3. The summed E-state index contributed by atoms with van der Waals surface area (Å²) in [5, 5.41) is 9.22. The van der Waals surface area contributed by atoms with Crippen molar-refractivity contribution >= 4 is 33.3 Å². The van der Waals surface area contributed by atoms with Gasteiger partial charge in [-0.2, -0.15) is 0 Å². The second-order valence-corrected chi connectivity index (χ2v) is 5.91. The van der Waals surface area contributed by atoms with E-state index in [0.29, 0.717) is 5.02 Å². The molecule has 0 bridgehead atoms. The third-order valence-electron chi connectivity index (χ3n) is 2.36. The molecule has 0 amide bonds. The molecule has 1 aromatic carbocycles. The predicted octanol–water partition coefficient (Wildman–Crippen LogP) is 2.23. The van der Waals surface area contributed by atoms with Gasteiger partial charge < -0.3 is 5.11 Å². The maximum absolute atomic E-state index is 12.1. The molecule has 6 nitrogen and oxygen atoms in total. The Morgan fingerprint density at radius 3 is 2.45 bits per heavy atom. The number of hydrogen-bond acceptors (Lipinski definition) is 4. The molecule has 1 heterocycles. The predicted molar refractivity (Wildman–Crippen MR) is 73.5 cm³/mol. The minimum absolute atomic E-state index is 0.0237. The van der Waals surface area contributed by atoms with Crippen LogP contribution < -0.4 is 4.72 Å². The van der Waals surface area contributed by atoms with Crippen molar-refractivity contribution in [3.05, 3.63) is 53.3 Å². The molecule has 0 saturated carbocycles. The van der Waals surface area contributed by atoms with Gasteiger partial charge in [-0.1, -0.05) is 11.6 Å². The van der Waals surface area contributed by atoms with Gasteiger partial charge in [0.2, 0.25) is 0 Å². The van der Waals surface area contributed by atoms with E-state index in [0.717, 1.165) is 6.07 Å². The number of anilines is 1. The Kier molecular flexibility index (Phi) is 3.91. The maximum atomic E-state index is 12.1. The number of nitrogens with zero attached hydrogens (tertiary/aromatic N) is 1.